The molecule has 0 amide bonds. The van der Waals surface area contributed by atoms with E-state index in [4.69, 9.17) is 0 Å². The Morgan fingerprint density at radius 3 is 2.44 bits per heavy atom. The van der Waals surface area contributed by atoms with E-state index in [1.165, 1.54) is 5.56 Å². The Labute approximate surface area is 97.9 Å². The fourth-order valence-corrected chi connectivity index (χ4v) is 2.65. The smallest absolute Gasteiger partial charge is 0.0718 e. The molecule has 0 aromatic heterocycles. The lowest BCUT2D eigenvalue weighted by molar-refractivity contribution is -0.0464. The summed E-state index contributed by atoms with van der Waals surface area (Å²) in [4.78, 5) is 2.36. The van der Waals surface area contributed by atoms with Crippen molar-refractivity contribution in [2.45, 2.75) is 32.4 Å². The fraction of sp³-hybridized carbons (Fsp3) is 0.571. The summed E-state index contributed by atoms with van der Waals surface area (Å²) < 4.78 is 0. The van der Waals surface area contributed by atoms with Crippen molar-refractivity contribution in [3.8, 4) is 0 Å². The summed E-state index contributed by atoms with van der Waals surface area (Å²) >= 11 is 0. The van der Waals surface area contributed by atoms with E-state index in [1.54, 1.807) is 0 Å². The zero-order valence-electron chi connectivity index (χ0n) is 10.4. The van der Waals surface area contributed by atoms with Crippen molar-refractivity contribution in [3.63, 3.8) is 0 Å². The average Bonchev–Trinajstić information content (AvgIpc) is 2.16. The van der Waals surface area contributed by atoms with Gasteiger partial charge in [-0.25, -0.2) is 0 Å². The van der Waals surface area contributed by atoms with Crippen molar-refractivity contribution in [3.05, 3.63) is 35.9 Å². The summed E-state index contributed by atoms with van der Waals surface area (Å²) in [5.41, 5.74) is 0.762. The Balaban J connectivity index is 2.09. The number of likely N-dealkylation sites (tertiary alicyclic amines) is 1. The molecule has 2 nitrogen and oxygen atoms in total. The van der Waals surface area contributed by atoms with Gasteiger partial charge in [0.1, 0.15) is 0 Å². The van der Waals surface area contributed by atoms with Gasteiger partial charge in [-0.2, -0.15) is 0 Å². The Morgan fingerprint density at radius 2 is 1.94 bits per heavy atom. The van der Waals surface area contributed by atoms with E-state index in [0.29, 0.717) is 12.0 Å². The van der Waals surface area contributed by atoms with Gasteiger partial charge in [-0.15, -0.1) is 0 Å². The predicted octanol–water partition coefficient (Wildman–Crippen LogP) is 2.45. The second-order valence-corrected chi connectivity index (χ2v) is 5.57. The summed E-state index contributed by atoms with van der Waals surface area (Å²) in [5, 5.41) is 9.86. The second-order valence-electron chi connectivity index (χ2n) is 5.57. The molecule has 0 aliphatic carbocycles. The SMILES string of the molecule is CC1CN(CC(C)(C)O)C1c1ccccc1. The number of hydrogen-bond acceptors (Lipinski definition) is 2. The molecule has 0 saturated carbocycles. The van der Waals surface area contributed by atoms with Crippen LogP contribution in [0.3, 0.4) is 0 Å². The van der Waals surface area contributed by atoms with Crippen molar-refractivity contribution >= 4 is 0 Å². The molecule has 1 heterocycles. The van der Waals surface area contributed by atoms with Crippen molar-refractivity contribution in [2.24, 2.45) is 5.92 Å². The molecule has 0 spiro atoms. The van der Waals surface area contributed by atoms with Crippen LogP contribution in [0.5, 0.6) is 0 Å². The second kappa shape index (κ2) is 4.19. The first-order valence-electron chi connectivity index (χ1n) is 5.99. The fourth-order valence-electron chi connectivity index (χ4n) is 2.65. The number of hydrogen-bond donors (Lipinski definition) is 1. The molecule has 1 aromatic carbocycles. The lowest BCUT2D eigenvalue weighted by Crippen LogP contribution is -2.53. The first-order valence-corrected chi connectivity index (χ1v) is 5.99. The molecule has 16 heavy (non-hydrogen) atoms. The van der Waals surface area contributed by atoms with Gasteiger partial charge in [0, 0.05) is 19.1 Å². The van der Waals surface area contributed by atoms with Gasteiger partial charge in [0.15, 0.2) is 0 Å². The lowest BCUT2D eigenvalue weighted by Gasteiger charge is -2.49. The first-order chi connectivity index (χ1) is 7.47. The third-order valence-electron chi connectivity index (χ3n) is 3.19. The number of nitrogens with zero attached hydrogens (tertiary/aromatic N) is 1. The molecule has 1 N–H and O–H groups in total. The van der Waals surface area contributed by atoms with Crippen LogP contribution < -0.4 is 0 Å². The van der Waals surface area contributed by atoms with Gasteiger partial charge in [0.25, 0.3) is 0 Å². The highest BCUT2D eigenvalue weighted by atomic mass is 16.3. The van der Waals surface area contributed by atoms with Gasteiger partial charge in [0.2, 0.25) is 0 Å². The topological polar surface area (TPSA) is 23.5 Å². The predicted molar refractivity (Wildman–Crippen MR) is 66.2 cm³/mol. The van der Waals surface area contributed by atoms with E-state index in [0.717, 1.165) is 13.1 Å². The van der Waals surface area contributed by atoms with Gasteiger partial charge in [-0.05, 0) is 25.3 Å². The minimum absolute atomic E-state index is 0.479. The third-order valence-corrected chi connectivity index (χ3v) is 3.19. The van der Waals surface area contributed by atoms with Crippen LogP contribution in [0.15, 0.2) is 30.3 Å². The van der Waals surface area contributed by atoms with Gasteiger partial charge >= 0.3 is 0 Å². The maximum Gasteiger partial charge on any atom is 0.0718 e. The van der Waals surface area contributed by atoms with Crippen molar-refractivity contribution in [1.82, 2.24) is 4.90 Å². The number of benzene rings is 1. The van der Waals surface area contributed by atoms with Gasteiger partial charge in [-0.1, -0.05) is 37.3 Å². The largest absolute Gasteiger partial charge is 0.389 e. The molecule has 0 radical (unpaired) electrons. The Morgan fingerprint density at radius 1 is 1.31 bits per heavy atom. The summed E-state index contributed by atoms with van der Waals surface area (Å²) in [7, 11) is 0. The summed E-state index contributed by atoms with van der Waals surface area (Å²) in [6.45, 7) is 7.86. The highest BCUT2D eigenvalue weighted by molar-refractivity contribution is 5.22. The molecule has 2 atom stereocenters. The van der Waals surface area contributed by atoms with E-state index in [-0.39, 0.29) is 0 Å². The van der Waals surface area contributed by atoms with Crippen LogP contribution >= 0.6 is 0 Å². The third kappa shape index (κ3) is 2.45. The van der Waals surface area contributed by atoms with E-state index >= 15 is 0 Å². The standard InChI is InChI=1S/C14H21NO/c1-11-9-15(10-14(2,3)16)13(11)12-7-5-4-6-8-12/h4-8,11,13,16H,9-10H2,1-3H3. The molecule has 0 bridgehead atoms. The van der Waals surface area contributed by atoms with Gasteiger partial charge in [-0.3, -0.25) is 4.90 Å². The Hall–Kier alpha value is -0.860. The minimum atomic E-state index is -0.604. The molecule has 2 rings (SSSR count). The molecule has 1 aliphatic rings. The molecule has 1 aliphatic heterocycles. The molecule has 1 saturated heterocycles. The molecular formula is C14H21NO. The normalized spacial score (nSPS) is 26.5. The van der Waals surface area contributed by atoms with E-state index in [2.05, 4.69) is 36.1 Å². The van der Waals surface area contributed by atoms with Gasteiger partial charge in [0.05, 0.1) is 5.60 Å². The highest BCUT2D eigenvalue weighted by Crippen LogP contribution is 2.38. The molecule has 1 aromatic rings. The van der Waals surface area contributed by atoms with Crippen LogP contribution in [0.4, 0.5) is 0 Å². The van der Waals surface area contributed by atoms with E-state index < -0.39 is 5.60 Å². The molecule has 88 valence electrons. The molecular weight excluding hydrogens is 198 g/mol. The van der Waals surface area contributed by atoms with Crippen LogP contribution in [0.2, 0.25) is 0 Å². The maximum absolute atomic E-state index is 9.86. The van der Waals surface area contributed by atoms with Crippen molar-refractivity contribution in [1.29, 1.82) is 0 Å². The van der Waals surface area contributed by atoms with Crippen LogP contribution in [-0.2, 0) is 0 Å². The van der Waals surface area contributed by atoms with Crippen LogP contribution in [0, 0.1) is 5.92 Å². The van der Waals surface area contributed by atoms with E-state index in [9.17, 15) is 5.11 Å². The number of β-amino-alcohol motifs (C(OH)–C–C–N with tert-alkyl or cyclic N) is 1. The molecule has 2 heteroatoms. The van der Waals surface area contributed by atoms with Crippen LogP contribution in [-0.4, -0.2) is 28.7 Å². The average molecular weight is 219 g/mol. The molecule has 1 fully saturated rings. The summed E-state index contributed by atoms with van der Waals surface area (Å²) in [6, 6.07) is 11.1. The number of rotatable bonds is 3. The van der Waals surface area contributed by atoms with E-state index in [1.807, 2.05) is 19.9 Å². The van der Waals surface area contributed by atoms with Gasteiger partial charge < -0.3 is 5.11 Å². The quantitative estimate of drug-likeness (QED) is 0.844. The van der Waals surface area contributed by atoms with Crippen LogP contribution in [0.25, 0.3) is 0 Å². The summed E-state index contributed by atoms with van der Waals surface area (Å²) in [6.07, 6.45) is 0. The molecule has 2 unspecified atom stereocenters. The van der Waals surface area contributed by atoms with Crippen molar-refractivity contribution < 1.29 is 5.11 Å². The Kier molecular flexibility index (Phi) is 3.04. The first kappa shape index (κ1) is 11.6. The monoisotopic (exact) mass is 219 g/mol. The highest BCUT2D eigenvalue weighted by Gasteiger charge is 2.38. The number of aliphatic hydroxyl groups is 1. The maximum atomic E-state index is 9.86. The zero-order chi connectivity index (χ0) is 11.8. The zero-order valence-corrected chi connectivity index (χ0v) is 10.4. The summed E-state index contributed by atoms with van der Waals surface area (Å²) in [5.74, 6) is 0.685. The Bertz CT molecular complexity index is 342. The van der Waals surface area contributed by atoms with Crippen LogP contribution in [0.1, 0.15) is 32.4 Å². The minimum Gasteiger partial charge on any atom is -0.389 e. The van der Waals surface area contributed by atoms with Crippen molar-refractivity contribution in [2.75, 3.05) is 13.1 Å². The lowest BCUT2D eigenvalue weighted by atomic mass is 9.84.